The van der Waals surface area contributed by atoms with Gasteiger partial charge in [0.15, 0.2) is 8.24 Å². The zero-order chi connectivity index (χ0) is 20.4. The highest BCUT2D eigenvalue weighted by molar-refractivity contribution is 6.81. The van der Waals surface area contributed by atoms with Gasteiger partial charge in [0, 0.05) is 6.04 Å². The molecule has 1 aromatic rings. The first-order valence-corrected chi connectivity index (χ1v) is 13.8. The van der Waals surface area contributed by atoms with Crippen LogP contribution in [0, 0.1) is 0 Å². The molecule has 3 rings (SSSR count). The zero-order valence-electron chi connectivity index (χ0n) is 18.0. The average molecular weight is 401 g/mol. The van der Waals surface area contributed by atoms with Crippen molar-refractivity contribution in [2.24, 2.45) is 0 Å². The summed E-state index contributed by atoms with van der Waals surface area (Å²) in [5.74, 6) is 0.0500. The van der Waals surface area contributed by atoms with Crippen molar-refractivity contribution in [3.63, 3.8) is 0 Å². The van der Waals surface area contributed by atoms with E-state index in [1.165, 1.54) is 6.42 Å². The largest absolute Gasteiger partial charge is 0.320 e. The van der Waals surface area contributed by atoms with E-state index in [2.05, 4.69) is 27.7 Å². The highest BCUT2D eigenvalue weighted by Crippen LogP contribution is 2.47. The lowest BCUT2D eigenvalue weighted by Crippen LogP contribution is -2.56. The Morgan fingerprint density at radius 3 is 2.00 bits per heavy atom. The van der Waals surface area contributed by atoms with Crippen molar-refractivity contribution in [3.05, 3.63) is 35.9 Å². The van der Waals surface area contributed by atoms with Crippen molar-refractivity contribution in [1.82, 2.24) is 9.47 Å². The molecular weight excluding hydrogens is 364 g/mol. The smallest absolute Gasteiger partial charge is 0.303 e. The molecule has 0 radical (unpaired) electrons. The third-order valence-electron chi connectivity index (χ3n) is 7.52. The van der Waals surface area contributed by atoms with Crippen molar-refractivity contribution in [1.29, 1.82) is 0 Å². The molecule has 1 atom stereocenters. The van der Waals surface area contributed by atoms with Crippen LogP contribution in [0.1, 0.15) is 71.8 Å². The van der Waals surface area contributed by atoms with E-state index >= 15 is 0 Å². The standard InChI is InChI=1S/C23H36N2O2Si/c1-5-23(19-15-11-9-12-16-19)21(26)25(28(6-2,7-3)8-4)22(27)24(23)20-17-13-10-14-18-20/h9,11-12,15-16,20H,5-8,10,13-14,17-18H2,1-4H3. The van der Waals surface area contributed by atoms with Crippen LogP contribution in [0.25, 0.3) is 0 Å². The summed E-state index contributed by atoms with van der Waals surface area (Å²) in [5, 5.41) is 0. The molecule has 1 aliphatic carbocycles. The minimum atomic E-state index is -2.16. The van der Waals surface area contributed by atoms with E-state index < -0.39 is 13.8 Å². The van der Waals surface area contributed by atoms with E-state index in [4.69, 9.17) is 0 Å². The van der Waals surface area contributed by atoms with Gasteiger partial charge in [0.2, 0.25) is 0 Å². The van der Waals surface area contributed by atoms with Crippen LogP contribution in [0.4, 0.5) is 4.79 Å². The van der Waals surface area contributed by atoms with Crippen molar-refractivity contribution < 1.29 is 9.59 Å². The summed E-state index contributed by atoms with van der Waals surface area (Å²) in [4.78, 5) is 30.1. The lowest BCUT2D eigenvalue weighted by molar-refractivity contribution is -0.132. The molecule has 3 amide bonds. The van der Waals surface area contributed by atoms with Crippen molar-refractivity contribution >= 4 is 20.2 Å². The van der Waals surface area contributed by atoms with Gasteiger partial charge in [0.05, 0.1) is 0 Å². The number of benzene rings is 1. The van der Waals surface area contributed by atoms with Crippen LogP contribution >= 0.6 is 0 Å². The molecule has 0 bridgehead atoms. The van der Waals surface area contributed by atoms with Gasteiger partial charge in [-0.15, -0.1) is 0 Å². The number of amides is 3. The summed E-state index contributed by atoms with van der Waals surface area (Å²) in [5.41, 5.74) is 0.146. The maximum Gasteiger partial charge on any atom is 0.320 e. The van der Waals surface area contributed by atoms with Gasteiger partial charge in [-0.1, -0.05) is 77.3 Å². The summed E-state index contributed by atoms with van der Waals surface area (Å²) in [6.07, 6.45) is 6.19. The highest BCUT2D eigenvalue weighted by atomic mass is 28.3. The second kappa shape index (κ2) is 8.40. The topological polar surface area (TPSA) is 40.6 Å². The second-order valence-electron chi connectivity index (χ2n) is 8.45. The maximum absolute atomic E-state index is 14.1. The molecule has 2 fully saturated rings. The lowest BCUT2D eigenvalue weighted by Gasteiger charge is -2.41. The van der Waals surface area contributed by atoms with Crippen LogP contribution in [0.5, 0.6) is 0 Å². The van der Waals surface area contributed by atoms with Crippen LogP contribution in [-0.2, 0) is 10.3 Å². The number of rotatable bonds is 7. The third-order valence-corrected chi connectivity index (χ3v) is 12.8. The van der Waals surface area contributed by atoms with E-state index in [1.54, 1.807) is 4.57 Å². The maximum atomic E-state index is 14.1. The number of hydrogen-bond acceptors (Lipinski definition) is 2. The van der Waals surface area contributed by atoms with Gasteiger partial charge in [0.25, 0.3) is 5.91 Å². The van der Waals surface area contributed by atoms with Gasteiger partial charge in [-0.25, -0.2) is 4.79 Å². The summed E-state index contributed by atoms with van der Waals surface area (Å²) >= 11 is 0. The Balaban J connectivity index is 2.19. The molecule has 1 saturated carbocycles. The van der Waals surface area contributed by atoms with Crippen LogP contribution in [-0.4, -0.2) is 35.7 Å². The molecule has 5 heteroatoms. The van der Waals surface area contributed by atoms with Crippen LogP contribution < -0.4 is 0 Å². The summed E-state index contributed by atoms with van der Waals surface area (Å²) < 4.78 is 1.80. The van der Waals surface area contributed by atoms with Gasteiger partial charge in [-0.05, 0) is 43.0 Å². The highest BCUT2D eigenvalue weighted by Gasteiger charge is 2.63. The molecule has 1 aromatic carbocycles. The summed E-state index contributed by atoms with van der Waals surface area (Å²) in [6, 6.07) is 13.0. The van der Waals surface area contributed by atoms with Gasteiger partial charge in [0.1, 0.15) is 5.54 Å². The SMILES string of the molecule is CCC1(c2ccccc2)C(=O)N([Si](CC)(CC)CC)C(=O)N1C1CCCCC1. The van der Waals surface area contributed by atoms with Gasteiger partial charge in [-0.3, -0.25) is 9.36 Å². The molecule has 1 heterocycles. The van der Waals surface area contributed by atoms with Crippen molar-refractivity contribution in [2.75, 3.05) is 0 Å². The minimum Gasteiger partial charge on any atom is -0.303 e. The molecule has 0 aromatic heterocycles. The Bertz CT molecular complexity index is 690. The Morgan fingerprint density at radius 2 is 1.50 bits per heavy atom. The Hall–Kier alpha value is -1.62. The fraction of sp³-hybridized carbons (Fsp3) is 0.652. The normalized spacial score (nSPS) is 24.3. The third kappa shape index (κ3) is 3.02. The van der Waals surface area contributed by atoms with E-state index in [0.717, 1.165) is 49.4 Å². The summed E-state index contributed by atoms with van der Waals surface area (Å²) in [6.45, 7) is 8.57. The van der Waals surface area contributed by atoms with Crippen LogP contribution in [0.3, 0.4) is 0 Å². The van der Waals surface area contributed by atoms with E-state index in [9.17, 15) is 9.59 Å². The van der Waals surface area contributed by atoms with Crippen molar-refractivity contribution in [3.8, 4) is 0 Å². The average Bonchev–Trinajstić information content (AvgIpc) is 2.99. The fourth-order valence-corrected chi connectivity index (χ4v) is 9.18. The van der Waals surface area contributed by atoms with Gasteiger partial charge in [-0.2, -0.15) is 0 Å². The first-order chi connectivity index (χ1) is 13.5. The minimum absolute atomic E-state index is 0.000167. The lowest BCUT2D eigenvalue weighted by atomic mass is 9.82. The number of carbonyl (C=O) groups is 2. The number of nitrogens with zero attached hydrogens (tertiary/aromatic N) is 2. The van der Waals surface area contributed by atoms with Crippen LogP contribution in [0.15, 0.2) is 30.3 Å². The summed E-state index contributed by atoms with van der Waals surface area (Å²) in [7, 11) is -2.16. The molecule has 0 N–H and O–H groups in total. The van der Waals surface area contributed by atoms with E-state index in [1.807, 2.05) is 35.2 Å². The molecule has 4 nitrogen and oxygen atoms in total. The number of hydrogen-bond donors (Lipinski definition) is 0. The fourth-order valence-electron chi connectivity index (χ4n) is 5.60. The molecular formula is C23H36N2O2Si. The molecule has 1 saturated heterocycles. The van der Waals surface area contributed by atoms with Crippen LogP contribution in [0.2, 0.25) is 18.1 Å². The molecule has 1 aliphatic heterocycles. The Morgan fingerprint density at radius 1 is 0.929 bits per heavy atom. The first kappa shape index (κ1) is 21.1. The Kier molecular flexibility index (Phi) is 6.33. The van der Waals surface area contributed by atoms with Gasteiger partial charge >= 0.3 is 6.03 Å². The predicted molar refractivity (Wildman–Crippen MR) is 117 cm³/mol. The molecule has 0 spiro atoms. The van der Waals surface area contributed by atoms with Gasteiger partial charge < -0.3 is 4.90 Å². The first-order valence-electron chi connectivity index (χ1n) is 11.3. The Labute approximate surface area is 171 Å². The molecule has 154 valence electrons. The quantitative estimate of drug-likeness (QED) is 0.423. The predicted octanol–water partition coefficient (Wildman–Crippen LogP) is 5.89. The number of urea groups is 1. The monoisotopic (exact) mass is 400 g/mol. The molecule has 2 aliphatic rings. The zero-order valence-corrected chi connectivity index (χ0v) is 19.0. The van der Waals surface area contributed by atoms with E-state index in [-0.39, 0.29) is 18.0 Å². The van der Waals surface area contributed by atoms with E-state index in [0.29, 0.717) is 6.42 Å². The second-order valence-corrected chi connectivity index (χ2v) is 13.5. The number of imide groups is 1. The molecule has 28 heavy (non-hydrogen) atoms. The number of carbonyl (C=O) groups excluding carboxylic acids is 2. The molecule has 1 unspecified atom stereocenters. The van der Waals surface area contributed by atoms with Crippen molar-refractivity contribution in [2.45, 2.75) is 95.9 Å².